The van der Waals surface area contributed by atoms with Crippen molar-refractivity contribution in [3.63, 3.8) is 0 Å². The number of carbonyl (C=O) groups is 1. The van der Waals surface area contributed by atoms with Gasteiger partial charge in [0.15, 0.2) is 0 Å². The molecule has 1 saturated carbocycles. The molecule has 1 atom stereocenters. The molecule has 1 unspecified atom stereocenters. The fourth-order valence-corrected chi connectivity index (χ4v) is 3.53. The van der Waals surface area contributed by atoms with E-state index in [1.807, 2.05) is 19.1 Å². The van der Waals surface area contributed by atoms with Gasteiger partial charge in [0.25, 0.3) is 0 Å². The summed E-state index contributed by atoms with van der Waals surface area (Å²) in [6.45, 7) is 2.00. The lowest BCUT2D eigenvalue weighted by atomic mass is 10.1. The van der Waals surface area contributed by atoms with Crippen LogP contribution in [-0.2, 0) is 4.79 Å². The van der Waals surface area contributed by atoms with Gasteiger partial charge in [0, 0.05) is 21.4 Å². The minimum Gasteiger partial charge on any atom is -0.327 e. The standard InChI is InChI=1S/C13H16Br2N2O/c1-7-4-9(14)13(10(15)5-7)17-12(18)6-11(16)8-2-3-8/h4-5,8,11H,2-3,6,16H2,1H3,(H,17,18). The maximum atomic E-state index is 11.9. The summed E-state index contributed by atoms with van der Waals surface area (Å²) >= 11 is 6.92. The van der Waals surface area contributed by atoms with Gasteiger partial charge in [-0.25, -0.2) is 0 Å². The van der Waals surface area contributed by atoms with Crippen LogP contribution in [0.2, 0.25) is 0 Å². The minimum absolute atomic E-state index is 0.00648. The molecule has 1 aromatic carbocycles. The quantitative estimate of drug-likeness (QED) is 0.844. The van der Waals surface area contributed by atoms with Crippen molar-refractivity contribution in [1.29, 1.82) is 0 Å². The molecule has 0 aromatic heterocycles. The highest BCUT2D eigenvalue weighted by Gasteiger charge is 2.29. The lowest BCUT2D eigenvalue weighted by Gasteiger charge is -2.13. The molecule has 0 heterocycles. The minimum atomic E-state index is -0.0281. The SMILES string of the molecule is Cc1cc(Br)c(NC(=O)CC(N)C2CC2)c(Br)c1. The predicted molar refractivity (Wildman–Crippen MR) is 80.5 cm³/mol. The Balaban J connectivity index is 2.02. The van der Waals surface area contributed by atoms with Crippen LogP contribution < -0.4 is 11.1 Å². The first-order valence-electron chi connectivity index (χ1n) is 5.98. The Morgan fingerprint density at radius 1 is 1.44 bits per heavy atom. The molecular formula is C13H16Br2N2O. The second-order valence-corrected chi connectivity index (χ2v) is 6.57. The van der Waals surface area contributed by atoms with Crippen molar-refractivity contribution >= 4 is 43.5 Å². The van der Waals surface area contributed by atoms with E-state index in [-0.39, 0.29) is 11.9 Å². The van der Waals surface area contributed by atoms with Gasteiger partial charge in [-0.3, -0.25) is 4.79 Å². The van der Waals surface area contributed by atoms with Crippen LogP contribution in [0.1, 0.15) is 24.8 Å². The molecule has 0 spiro atoms. The Bertz CT molecular complexity index is 449. The van der Waals surface area contributed by atoms with Crippen molar-refractivity contribution < 1.29 is 4.79 Å². The van der Waals surface area contributed by atoms with E-state index in [2.05, 4.69) is 37.2 Å². The molecule has 1 fully saturated rings. The van der Waals surface area contributed by atoms with E-state index < -0.39 is 0 Å². The highest BCUT2D eigenvalue weighted by molar-refractivity contribution is 9.11. The maximum Gasteiger partial charge on any atom is 0.226 e. The van der Waals surface area contributed by atoms with Crippen LogP contribution >= 0.6 is 31.9 Å². The molecule has 3 N–H and O–H groups in total. The molecule has 98 valence electrons. The van der Waals surface area contributed by atoms with Gasteiger partial charge in [0.05, 0.1) is 5.69 Å². The van der Waals surface area contributed by atoms with Crippen molar-refractivity contribution in [1.82, 2.24) is 0 Å². The molecule has 0 aliphatic heterocycles. The zero-order valence-corrected chi connectivity index (χ0v) is 13.3. The molecule has 0 radical (unpaired) electrons. The molecule has 0 bridgehead atoms. The van der Waals surface area contributed by atoms with Gasteiger partial charge in [0.2, 0.25) is 5.91 Å². The number of amides is 1. The molecule has 1 aromatic rings. The van der Waals surface area contributed by atoms with Crippen molar-refractivity contribution in [3.05, 3.63) is 26.6 Å². The van der Waals surface area contributed by atoms with Gasteiger partial charge >= 0.3 is 0 Å². The Labute approximate surface area is 124 Å². The summed E-state index contributed by atoms with van der Waals surface area (Å²) in [5.74, 6) is 0.514. The van der Waals surface area contributed by atoms with Gasteiger partial charge in [-0.05, 0) is 75.2 Å². The van der Waals surface area contributed by atoms with E-state index in [1.165, 1.54) is 0 Å². The number of hydrogen-bond donors (Lipinski definition) is 2. The summed E-state index contributed by atoms with van der Waals surface area (Å²) in [4.78, 5) is 11.9. The number of rotatable bonds is 4. The van der Waals surface area contributed by atoms with Crippen LogP contribution in [0, 0.1) is 12.8 Å². The predicted octanol–water partition coefficient (Wildman–Crippen LogP) is 3.59. The van der Waals surface area contributed by atoms with Crippen LogP contribution in [0.3, 0.4) is 0 Å². The fourth-order valence-electron chi connectivity index (χ4n) is 1.91. The third kappa shape index (κ3) is 3.56. The van der Waals surface area contributed by atoms with E-state index >= 15 is 0 Å². The van der Waals surface area contributed by atoms with Crippen molar-refractivity contribution in [3.8, 4) is 0 Å². The van der Waals surface area contributed by atoms with Gasteiger partial charge in [0.1, 0.15) is 0 Å². The third-order valence-corrected chi connectivity index (χ3v) is 4.35. The number of anilines is 1. The summed E-state index contributed by atoms with van der Waals surface area (Å²) in [6.07, 6.45) is 2.70. The highest BCUT2D eigenvalue weighted by atomic mass is 79.9. The number of hydrogen-bond acceptors (Lipinski definition) is 2. The molecule has 0 saturated heterocycles. The Morgan fingerprint density at radius 3 is 2.50 bits per heavy atom. The van der Waals surface area contributed by atoms with Gasteiger partial charge < -0.3 is 11.1 Å². The summed E-state index contributed by atoms with van der Waals surface area (Å²) in [5, 5.41) is 2.91. The average molecular weight is 376 g/mol. The number of carbonyl (C=O) groups excluding carboxylic acids is 1. The summed E-state index contributed by atoms with van der Waals surface area (Å²) in [5.41, 5.74) is 7.85. The second kappa shape index (κ2) is 5.72. The fraction of sp³-hybridized carbons (Fsp3) is 0.462. The summed E-state index contributed by atoms with van der Waals surface area (Å²) in [7, 11) is 0. The van der Waals surface area contributed by atoms with E-state index in [4.69, 9.17) is 5.73 Å². The third-order valence-electron chi connectivity index (χ3n) is 3.10. The highest BCUT2D eigenvalue weighted by Crippen LogP contribution is 2.34. The van der Waals surface area contributed by atoms with Crippen LogP contribution in [0.5, 0.6) is 0 Å². The van der Waals surface area contributed by atoms with Crippen LogP contribution in [0.4, 0.5) is 5.69 Å². The normalized spacial score (nSPS) is 16.4. The Hall–Kier alpha value is -0.390. The molecule has 1 aliphatic rings. The molecule has 1 aliphatic carbocycles. The van der Waals surface area contributed by atoms with E-state index in [0.29, 0.717) is 12.3 Å². The zero-order valence-electron chi connectivity index (χ0n) is 10.2. The topological polar surface area (TPSA) is 55.1 Å². The number of aryl methyl sites for hydroxylation is 1. The van der Waals surface area contributed by atoms with Crippen LogP contribution in [0.25, 0.3) is 0 Å². The molecule has 5 heteroatoms. The van der Waals surface area contributed by atoms with Crippen LogP contribution in [-0.4, -0.2) is 11.9 Å². The monoisotopic (exact) mass is 374 g/mol. The van der Waals surface area contributed by atoms with E-state index in [9.17, 15) is 4.79 Å². The first kappa shape index (κ1) is 14.0. The molecule has 18 heavy (non-hydrogen) atoms. The maximum absolute atomic E-state index is 11.9. The summed E-state index contributed by atoms with van der Waals surface area (Å²) in [6, 6.07) is 3.94. The van der Waals surface area contributed by atoms with E-state index in [0.717, 1.165) is 33.0 Å². The number of nitrogens with one attached hydrogen (secondary N) is 1. The smallest absolute Gasteiger partial charge is 0.226 e. The van der Waals surface area contributed by atoms with Gasteiger partial charge in [-0.1, -0.05) is 0 Å². The largest absolute Gasteiger partial charge is 0.327 e. The van der Waals surface area contributed by atoms with Crippen molar-refractivity contribution in [2.45, 2.75) is 32.2 Å². The zero-order chi connectivity index (χ0) is 13.3. The van der Waals surface area contributed by atoms with Gasteiger partial charge in [-0.15, -0.1) is 0 Å². The first-order valence-corrected chi connectivity index (χ1v) is 7.57. The number of nitrogens with two attached hydrogens (primary N) is 1. The molecular weight excluding hydrogens is 360 g/mol. The van der Waals surface area contributed by atoms with E-state index in [1.54, 1.807) is 0 Å². The second-order valence-electron chi connectivity index (χ2n) is 4.86. The van der Waals surface area contributed by atoms with Crippen molar-refractivity contribution in [2.75, 3.05) is 5.32 Å². The average Bonchev–Trinajstić information content (AvgIpc) is 3.06. The molecule has 3 nitrogen and oxygen atoms in total. The Kier molecular flexibility index (Phi) is 4.45. The molecule has 1 amide bonds. The van der Waals surface area contributed by atoms with Gasteiger partial charge in [-0.2, -0.15) is 0 Å². The lowest BCUT2D eigenvalue weighted by Crippen LogP contribution is -2.29. The number of benzene rings is 1. The van der Waals surface area contributed by atoms with Crippen molar-refractivity contribution in [2.24, 2.45) is 11.7 Å². The Morgan fingerprint density at radius 2 is 2.00 bits per heavy atom. The van der Waals surface area contributed by atoms with Crippen LogP contribution in [0.15, 0.2) is 21.1 Å². The first-order chi connectivity index (χ1) is 8.47. The lowest BCUT2D eigenvalue weighted by molar-refractivity contribution is -0.116. The number of halogens is 2. The summed E-state index contributed by atoms with van der Waals surface area (Å²) < 4.78 is 1.76. The molecule has 2 rings (SSSR count).